The minimum absolute atomic E-state index is 0.00316. The first-order valence-corrected chi connectivity index (χ1v) is 10.8. The molecular weight excluding hydrogens is 378 g/mol. The number of amides is 1. The maximum Gasteiger partial charge on any atom is 0.224 e. The van der Waals surface area contributed by atoms with Crippen molar-refractivity contribution >= 4 is 5.91 Å². The van der Waals surface area contributed by atoms with Crippen LogP contribution < -0.4 is 10.1 Å². The summed E-state index contributed by atoms with van der Waals surface area (Å²) in [6, 6.07) is 11.8. The first-order valence-electron chi connectivity index (χ1n) is 10.8. The number of aromatic nitrogens is 1. The summed E-state index contributed by atoms with van der Waals surface area (Å²) in [7, 11) is 1.64. The highest BCUT2D eigenvalue weighted by Gasteiger charge is 2.42. The maximum atomic E-state index is 12.3. The SMILES string of the molecule is COc1ccc(CC(=O)NC[C@H]2CCC3(CCN(Cc4cccnc4)CC3)O2)cc1. The monoisotopic (exact) mass is 409 g/mol. The van der Waals surface area contributed by atoms with Gasteiger partial charge in [0.2, 0.25) is 5.91 Å². The molecule has 1 amide bonds. The zero-order valence-corrected chi connectivity index (χ0v) is 17.7. The molecule has 0 saturated carbocycles. The second kappa shape index (κ2) is 9.58. The summed E-state index contributed by atoms with van der Waals surface area (Å²) >= 11 is 0. The number of benzene rings is 1. The van der Waals surface area contributed by atoms with E-state index in [-0.39, 0.29) is 17.6 Å². The maximum absolute atomic E-state index is 12.3. The Morgan fingerprint density at radius 2 is 2.00 bits per heavy atom. The molecule has 1 atom stereocenters. The number of rotatable bonds is 7. The molecule has 2 aliphatic heterocycles. The highest BCUT2D eigenvalue weighted by atomic mass is 16.5. The first kappa shape index (κ1) is 20.8. The lowest BCUT2D eigenvalue weighted by Gasteiger charge is -2.39. The number of likely N-dealkylation sites (tertiary alicyclic amines) is 1. The van der Waals surface area contributed by atoms with Crippen molar-refractivity contribution in [3.63, 3.8) is 0 Å². The Hall–Kier alpha value is -2.44. The third-order valence-electron chi connectivity index (χ3n) is 6.29. The fraction of sp³-hybridized carbons (Fsp3) is 0.500. The van der Waals surface area contributed by atoms with Crippen LogP contribution in [0.2, 0.25) is 0 Å². The summed E-state index contributed by atoms with van der Waals surface area (Å²) in [6.45, 7) is 3.64. The smallest absolute Gasteiger partial charge is 0.224 e. The zero-order chi connectivity index (χ0) is 20.8. The molecule has 1 N–H and O–H groups in total. The summed E-state index contributed by atoms with van der Waals surface area (Å²) in [5.41, 5.74) is 2.24. The number of pyridine rings is 1. The second-order valence-electron chi connectivity index (χ2n) is 8.43. The quantitative estimate of drug-likeness (QED) is 0.762. The van der Waals surface area contributed by atoms with E-state index in [1.54, 1.807) is 7.11 Å². The van der Waals surface area contributed by atoms with Crippen LogP contribution in [0, 0.1) is 0 Å². The minimum atomic E-state index is -0.00316. The van der Waals surface area contributed by atoms with Gasteiger partial charge in [0.05, 0.1) is 25.2 Å². The number of carbonyl (C=O) groups excluding carboxylic acids is 1. The van der Waals surface area contributed by atoms with Gasteiger partial charge in [-0.2, -0.15) is 0 Å². The second-order valence-corrected chi connectivity index (χ2v) is 8.43. The predicted octanol–water partition coefficient (Wildman–Crippen LogP) is 2.96. The lowest BCUT2D eigenvalue weighted by atomic mass is 9.88. The zero-order valence-electron chi connectivity index (χ0n) is 17.7. The molecule has 6 heteroatoms. The Morgan fingerprint density at radius 3 is 2.70 bits per heavy atom. The summed E-state index contributed by atoms with van der Waals surface area (Å²) in [5, 5.41) is 3.05. The van der Waals surface area contributed by atoms with Gasteiger partial charge < -0.3 is 14.8 Å². The summed E-state index contributed by atoms with van der Waals surface area (Å²) < 4.78 is 11.6. The van der Waals surface area contributed by atoms with Crippen molar-refractivity contribution in [3.05, 3.63) is 59.9 Å². The fourth-order valence-corrected chi connectivity index (χ4v) is 4.49. The number of hydrogen-bond donors (Lipinski definition) is 1. The van der Waals surface area contributed by atoms with Crippen LogP contribution >= 0.6 is 0 Å². The van der Waals surface area contributed by atoms with E-state index in [9.17, 15) is 4.79 Å². The molecular formula is C24H31N3O3. The number of hydrogen-bond acceptors (Lipinski definition) is 5. The van der Waals surface area contributed by atoms with Gasteiger partial charge in [-0.1, -0.05) is 18.2 Å². The molecule has 30 heavy (non-hydrogen) atoms. The van der Waals surface area contributed by atoms with Crippen molar-refractivity contribution in [3.8, 4) is 5.75 Å². The fourth-order valence-electron chi connectivity index (χ4n) is 4.49. The van der Waals surface area contributed by atoms with Crippen molar-refractivity contribution in [2.45, 2.75) is 50.4 Å². The van der Waals surface area contributed by atoms with Gasteiger partial charge in [-0.3, -0.25) is 14.7 Å². The molecule has 160 valence electrons. The molecule has 2 aliphatic rings. The highest BCUT2D eigenvalue weighted by Crippen LogP contribution is 2.39. The van der Waals surface area contributed by atoms with Gasteiger partial charge in [-0.05, 0) is 55.0 Å². The van der Waals surface area contributed by atoms with Gasteiger partial charge in [0.25, 0.3) is 0 Å². The summed E-state index contributed by atoms with van der Waals surface area (Å²) in [5.74, 6) is 0.839. The van der Waals surface area contributed by atoms with Gasteiger partial charge in [-0.15, -0.1) is 0 Å². The summed E-state index contributed by atoms with van der Waals surface area (Å²) in [6.07, 6.45) is 8.49. The molecule has 0 radical (unpaired) electrons. The van der Waals surface area contributed by atoms with E-state index in [0.29, 0.717) is 13.0 Å². The van der Waals surface area contributed by atoms with Gasteiger partial charge in [0.1, 0.15) is 5.75 Å². The Kier molecular flexibility index (Phi) is 6.65. The molecule has 4 rings (SSSR count). The Morgan fingerprint density at radius 1 is 1.20 bits per heavy atom. The van der Waals surface area contributed by atoms with Crippen molar-refractivity contribution < 1.29 is 14.3 Å². The van der Waals surface area contributed by atoms with Crippen molar-refractivity contribution in [2.24, 2.45) is 0 Å². The molecule has 2 aromatic rings. The lowest BCUT2D eigenvalue weighted by molar-refractivity contribution is -0.122. The standard InChI is InChI=1S/C24H31N3O3/c1-29-21-6-4-19(5-7-21)15-23(28)26-17-22-8-9-24(30-22)10-13-27(14-11-24)18-20-3-2-12-25-16-20/h2-7,12,16,22H,8-11,13-15,17-18H2,1H3,(H,26,28)/t22-/m1/s1. The van der Waals surface area contributed by atoms with E-state index in [2.05, 4.69) is 21.3 Å². The Bertz CT molecular complexity index is 817. The number of carbonyl (C=O) groups is 1. The molecule has 6 nitrogen and oxygen atoms in total. The Balaban J connectivity index is 1.18. The normalized spacial score (nSPS) is 20.9. The van der Waals surface area contributed by atoms with Crippen molar-refractivity contribution in [2.75, 3.05) is 26.7 Å². The molecule has 1 aromatic heterocycles. The molecule has 2 fully saturated rings. The molecule has 1 spiro atoms. The average Bonchev–Trinajstić information content (AvgIpc) is 3.18. The van der Waals surface area contributed by atoms with E-state index in [1.165, 1.54) is 5.56 Å². The number of ether oxygens (including phenoxy) is 2. The van der Waals surface area contributed by atoms with Crippen LogP contribution in [0.3, 0.4) is 0 Å². The van der Waals surface area contributed by atoms with Crippen LogP contribution in [0.25, 0.3) is 0 Å². The topological polar surface area (TPSA) is 63.7 Å². The van der Waals surface area contributed by atoms with E-state index in [0.717, 1.165) is 56.6 Å². The Labute approximate surface area is 178 Å². The molecule has 0 aliphatic carbocycles. The van der Waals surface area contributed by atoms with Crippen molar-refractivity contribution in [1.29, 1.82) is 0 Å². The van der Waals surface area contributed by atoms with Gasteiger partial charge in [-0.25, -0.2) is 0 Å². The third kappa shape index (κ3) is 5.37. The number of nitrogens with zero attached hydrogens (tertiary/aromatic N) is 2. The van der Waals surface area contributed by atoms with Crippen LogP contribution in [0.1, 0.15) is 36.8 Å². The van der Waals surface area contributed by atoms with Gasteiger partial charge in [0, 0.05) is 38.6 Å². The number of nitrogens with one attached hydrogen (secondary N) is 1. The average molecular weight is 410 g/mol. The highest BCUT2D eigenvalue weighted by molar-refractivity contribution is 5.78. The van der Waals surface area contributed by atoms with E-state index >= 15 is 0 Å². The molecule has 0 bridgehead atoms. The lowest BCUT2D eigenvalue weighted by Crippen LogP contribution is -2.45. The van der Waals surface area contributed by atoms with Crippen LogP contribution in [0.15, 0.2) is 48.8 Å². The van der Waals surface area contributed by atoms with Crippen LogP contribution in [0.5, 0.6) is 5.75 Å². The van der Waals surface area contributed by atoms with Crippen LogP contribution in [-0.4, -0.2) is 54.2 Å². The van der Waals surface area contributed by atoms with Gasteiger partial charge in [0.15, 0.2) is 0 Å². The van der Waals surface area contributed by atoms with Gasteiger partial charge >= 0.3 is 0 Å². The minimum Gasteiger partial charge on any atom is -0.497 e. The number of methoxy groups -OCH3 is 1. The predicted molar refractivity (Wildman–Crippen MR) is 115 cm³/mol. The molecule has 0 unspecified atom stereocenters. The van der Waals surface area contributed by atoms with Crippen molar-refractivity contribution in [1.82, 2.24) is 15.2 Å². The molecule has 3 heterocycles. The van der Waals surface area contributed by atoms with Crippen LogP contribution in [0.4, 0.5) is 0 Å². The summed E-state index contributed by atoms with van der Waals surface area (Å²) in [4.78, 5) is 19.0. The van der Waals surface area contributed by atoms with E-state index in [4.69, 9.17) is 9.47 Å². The molecule has 2 saturated heterocycles. The first-order chi connectivity index (χ1) is 14.6. The third-order valence-corrected chi connectivity index (χ3v) is 6.29. The van der Waals surface area contributed by atoms with E-state index in [1.807, 2.05) is 42.7 Å². The van der Waals surface area contributed by atoms with Crippen LogP contribution in [-0.2, 0) is 22.5 Å². The van der Waals surface area contributed by atoms with E-state index < -0.39 is 0 Å². The molecule has 1 aromatic carbocycles. The number of piperidine rings is 1. The largest absolute Gasteiger partial charge is 0.497 e.